The molecular weight excluding hydrogens is 373 g/mol. The summed E-state index contributed by atoms with van der Waals surface area (Å²) in [5, 5.41) is 0. The standard InChI is InChI=1S/C22H24FN3O3/c1-29-19-8-7-16(14-18(19)23)20(27)26-13-5-10-22(26)9-4-12-25(21(22)28)15-17-6-2-3-11-24-17/h2-3,6-8,11,14H,4-5,9-10,12-13,15H2,1H3. The number of hydrogen-bond acceptors (Lipinski definition) is 4. The van der Waals surface area contributed by atoms with E-state index in [9.17, 15) is 14.0 Å². The molecule has 0 saturated carbocycles. The minimum Gasteiger partial charge on any atom is -0.494 e. The number of pyridine rings is 1. The number of aromatic nitrogens is 1. The van der Waals surface area contributed by atoms with E-state index in [1.54, 1.807) is 22.1 Å². The lowest BCUT2D eigenvalue weighted by Gasteiger charge is -2.44. The molecule has 152 valence electrons. The van der Waals surface area contributed by atoms with E-state index >= 15 is 0 Å². The van der Waals surface area contributed by atoms with Crippen molar-refractivity contribution in [3.05, 3.63) is 59.7 Å². The van der Waals surface area contributed by atoms with Crippen molar-refractivity contribution in [2.24, 2.45) is 0 Å². The molecule has 6 nitrogen and oxygen atoms in total. The van der Waals surface area contributed by atoms with Gasteiger partial charge in [-0.3, -0.25) is 14.6 Å². The van der Waals surface area contributed by atoms with Gasteiger partial charge in [0.25, 0.3) is 5.91 Å². The number of benzene rings is 1. The Balaban J connectivity index is 1.59. The minimum absolute atomic E-state index is 0.0331. The summed E-state index contributed by atoms with van der Waals surface area (Å²) in [5.41, 5.74) is 0.214. The highest BCUT2D eigenvalue weighted by molar-refractivity contribution is 6.00. The Morgan fingerprint density at radius 2 is 2.00 bits per heavy atom. The van der Waals surface area contributed by atoms with Crippen LogP contribution in [-0.2, 0) is 11.3 Å². The van der Waals surface area contributed by atoms with E-state index in [0.717, 1.165) is 18.5 Å². The first-order valence-electron chi connectivity index (χ1n) is 9.90. The molecule has 3 heterocycles. The molecule has 0 N–H and O–H groups in total. The molecule has 2 aliphatic heterocycles. The zero-order valence-corrected chi connectivity index (χ0v) is 16.4. The Morgan fingerprint density at radius 3 is 2.69 bits per heavy atom. The van der Waals surface area contributed by atoms with Crippen molar-refractivity contribution in [1.82, 2.24) is 14.8 Å². The highest BCUT2D eigenvalue weighted by Crippen LogP contribution is 2.39. The topological polar surface area (TPSA) is 62.7 Å². The molecule has 0 radical (unpaired) electrons. The number of carbonyl (C=O) groups excluding carboxylic acids is 2. The highest BCUT2D eigenvalue weighted by atomic mass is 19.1. The molecule has 7 heteroatoms. The number of likely N-dealkylation sites (tertiary alicyclic amines) is 2. The Labute approximate surface area is 169 Å². The zero-order valence-electron chi connectivity index (χ0n) is 16.4. The molecule has 0 aliphatic carbocycles. The van der Waals surface area contributed by atoms with Crippen LogP contribution in [0.25, 0.3) is 0 Å². The zero-order chi connectivity index (χ0) is 20.4. The average Bonchev–Trinajstić information content (AvgIpc) is 3.16. The number of nitrogens with zero attached hydrogens (tertiary/aromatic N) is 3. The second kappa shape index (κ2) is 7.81. The summed E-state index contributed by atoms with van der Waals surface area (Å²) in [6, 6.07) is 9.82. The largest absolute Gasteiger partial charge is 0.494 e. The molecule has 1 unspecified atom stereocenters. The van der Waals surface area contributed by atoms with Gasteiger partial charge >= 0.3 is 0 Å². The third-order valence-corrected chi connectivity index (χ3v) is 5.92. The lowest BCUT2D eigenvalue weighted by Crippen LogP contribution is -2.61. The number of piperidine rings is 1. The molecule has 29 heavy (non-hydrogen) atoms. The molecule has 2 amide bonds. The molecule has 4 rings (SSSR count). The number of hydrogen-bond donors (Lipinski definition) is 0. The summed E-state index contributed by atoms with van der Waals surface area (Å²) in [4.78, 5) is 34.5. The van der Waals surface area contributed by atoms with Crippen LogP contribution in [0.15, 0.2) is 42.6 Å². The maximum atomic E-state index is 14.1. The van der Waals surface area contributed by atoms with Crippen molar-refractivity contribution in [2.45, 2.75) is 37.8 Å². The molecule has 1 aromatic heterocycles. The van der Waals surface area contributed by atoms with Crippen LogP contribution in [0.5, 0.6) is 5.75 Å². The van der Waals surface area contributed by atoms with Crippen molar-refractivity contribution in [1.29, 1.82) is 0 Å². The maximum Gasteiger partial charge on any atom is 0.254 e. The van der Waals surface area contributed by atoms with Gasteiger partial charge in [-0.2, -0.15) is 0 Å². The van der Waals surface area contributed by atoms with Gasteiger partial charge in [-0.1, -0.05) is 6.07 Å². The first-order chi connectivity index (χ1) is 14.0. The number of amides is 2. The molecule has 1 aromatic carbocycles. The number of carbonyl (C=O) groups is 2. The first kappa shape index (κ1) is 19.4. The van der Waals surface area contributed by atoms with Crippen LogP contribution in [0.2, 0.25) is 0 Å². The van der Waals surface area contributed by atoms with Crippen LogP contribution in [0.1, 0.15) is 41.7 Å². The number of halogens is 1. The van der Waals surface area contributed by atoms with Crippen LogP contribution in [-0.4, -0.2) is 52.3 Å². The lowest BCUT2D eigenvalue weighted by atomic mass is 9.85. The third-order valence-electron chi connectivity index (χ3n) is 5.92. The van der Waals surface area contributed by atoms with Gasteiger partial charge in [0.05, 0.1) is 19.3 Å². The molecule has 2 aromatic rings. The van der Waals surface area contributed by atoms with Crippen molar-refractivity contribution < 1.29 is 18.7 Å². The molecule has 1 spiro atoms. The summed E-state index contributed by atoms with van der Waals surface area (Å²) < 4.78 is 19.1. The highest BCUT2D eigenvalue weighted by Gasteiger charge is 2.52. The van der Waals surface area contributed by atoms with Crippen molar-refractivity contribution in [2.75, 3.05) is 20.2 Å². The van der Waals surface area contributed by atoms with Gasteiger partial charge in [0.2, 0.25) is 5.91 Å². The SMILES string of the molecule is COc1ccc(C(=O)N2CCCC23CCCN(Cc2ccccn2)C3=O)cc1F. The summed E-state index contributed by atoms with van der Waals surface area (Å²) in [6.07, 6.45) is 4.56. The minimum atomic E-state index is -0.847. The molecule has 2 aliphatic rings. The fourth-order valence-corrected chi connectivity index (χ4v) is 4.52. The van der Waals surface area contributed by atoms with Crippen LogP contribution in [0.3, 0.4) is 0 Å². The maximum absolute atomic E-state index is 14.1. The smallest absolute Gasteiger partial charge is 0.254 e. The van der Waals surface area contributed by atoms with Crippen LogP contribution in [0.4, 0.5) is 4.39 Å². The predicted molar refractivity (Wildman–Crippen MR) is 105 cm³/mol. The van der Waals surface area contributed by atoms with Crippen molar-refractivity contribution in [3.8, 4) is 5.75 Å². The van der Waals surface area contributed by atoms with Gasteiger partial charge in [-0.15, -0.1) is 0 Å². The van der Waals surface area contributed by atoms with Crippen molar-refractivity contribution in [3.63, 3.8) is 0 Å². The summed E-state index contributed by atoms with van der Waals surface area (Å²) in [7, 11) is 1.38. The van der Waals surface area contributed by atoms with E-state index in [0.29, 0.717) is 32.5 Å². The molecule has 1 atom stereocenters. The Kier molecular flexibility index (Phi) is 5.22. The normalized spacial score (nSPS) is 21.7. The fraction of sp³-hybridized carbons (Fsp3) is 0.409. The Bertz CT molecular complexity index is 921. The number of methoxy groups -OCH3 is 1. The summed E-state index contributed by atoms with van der Waals surface area (Å²) in [6.45, 7) is 1.58. The van der Waals surface area contributed by atoms with Crippen LogP contribution < -0.4 is 4.74 Å². The lowest BCUT2D eigenvalue weighted by molar-refractivity contribution is -0.146. The van der Waals surface area contributed by atoms with E-state index < -0.39 is 11.4 Å². The van der Waals surface area contributed by atoms with E-state index in [1.807, 2.05) is 18.2 Å². The number of rotatable bonds is 4. The molecular formula is C22H24FN3O3. The Hall–Kier alpha value is -2.96. The quantitative estimate of drug-likeness (QED) is 0.796. The van der Waals surface area contributed by atoms with Gasteiger partial charge < -0.3 is 14.5 Å². The van der Waals surface area contributed by atoms with Crippen LogP contribution in [0, 0.1) is 5.82 Å². The Morgan fingerprint density at radius 1 is 1.21 bits per heavy atom. The van der Waals surface area contributed by atoms with Gasteiger partial charge in [0.15, 0.2) is 11.6 Å². The second-order valence-corrected chi connectivity index (χ2v) is 7.59. The van der Waals surface area contributed by atoms with Gasteiger partial charge in [-0.05, 0) is 56.0 Å². The average molecular weight is 397 g/mol. The molecule has 2 fully saturated rings. The van der Waals surface area contributed by atoms with E-state index in [2.05, 4.69) is 4.98 Å². The first-order valence-corrected chi connectivity index (χ1v) is 9.90. The van der Waals surface area contributed by atoms with E-state index in [-0.39, 0.29) is 23.1 Å². The van der Waals surface area contributed by atoms with Gasteiger partial charge in [0, 0.05) is 24.8 Å². The fourth-order valence-electron chi connectivity index (χ4n) is 4.52. The molecule has 2 saturated heterocycles. The van der Waals surface area contributed by atoms with Gasteiger partial charge in [-0.25, -0.2) is 4.39 Å². The summed E-state index contributed by atoms with van der Waals surface area (Å²) >= 11 is 0. The monoisotopic (exact) mass is 397 g/mol. The third kappa shape index (κ3) is 3.45. The van der Waals surface area contributed by atoms with Crippen LogP contribution >= 0.6 is 0 Å². The second-order valence-electron chi connectivity index (χ2n) is 7.59. The predicted octanol–water partition coefficient (Wildman–Crippen LogP) is 3.03. The van der Waals surface area contributed by atoms with E-state index in [1.165, 1.54) is 19.2 Å². The van der Waals surface area contributed by atoms with Gasteiger partial charge in [0.1, 0.15) is 5.54 Å². The molecule has 0 bridgehead atoms. The van der Waals surface area contributed by atoms with Crippen molar-refractivity contribution >= 4 is 11.8 Å². The van der Waals surface area contributed by atoms with E-state index in [4.69, 9.17) is 4.74 Å². The summed E-state index contributed by atoms with van der Waals surface area (Å²) in [5.74, 6) is -0.836. The number of ether oxygens (including phenoxy) is 1.